The van der Waals surface area contributed by atoms with Gasteiger partial charge in [0.1, 0.15) is 5.75 Å². The smallest absolute Gasteiger partial charge is 0.124 e. The van der Waals surface area contributed by atoms with Gasteiger partial charge in [0.05, 0.1) is 18.1 Å². The molecule has 1 unspecified atom stereocenters. The Morgan fingerprint density at radius 2 is 2.00 bits per heavy atom. The van der Waals surface area contributed by atoms with E-state index in [1.54, 1.807) is 7.11 Å². The zero-order valence-electron chi connectivity index (χ0n) is 9.65. The molecular weight excluding hydrogens is 206 g/mol. The van der Waals surface area contributed by atoms with Crippen LogP contribution in [0.1, 0.15) is 25.5 Å². The van der Waals surface area contributed by atoms with Crippen LogP contribution in [0, 0.1) is 0 Å². The van der Waals surface area contributed by atoms with Crippen molar-refractivity contribution in [2.24, 2.45) is 0 Å². The summed E-state index contributed by atoms with van der Waals surface area (Å²) in [5.41, 5.74) is 1.16. The van der Waals surface area contributed by atoms with Crippen molar-refractivity contribution in [1.29, 1.82) is 0 Å². The lowest BCUT2D eigenvalue weighted by molar-refractivity contribution is 0.368. The zero-order chi connectivity index (χ0) is 11.4. The van der Waals surface area contributed by atoms with Crippen LogP contribution in [-0.4, -0.2) is 24.0 Å². The molecule has 0 bridgehead atoms. The molecule has 1 rings (SSSR count). The molecule has 0 radical (unpaired) electrons. The molecule has 0 heterocycles. The summed E-state index contributed by atoms with van der Waals surface area (Å²) in [6.07, 6.45) is 0. The van der Waals surface area contributed by atoms with Crippen LogP contribution in [0.15, 0.2) is 24.3 Å². The Kier molecular flexibility index (Phi) is 4.09. The Balaban J connectivity index is 2.99. The highest BCUT2D eigenvalue weighted by Crippen LogP contribution is 2.28. The van der Waals surface area contributed by atoms with Gasteiger partial charge in [-0.05, 0) is 19.9 Å². The van der Waals surface area contributed by atoms with Gasteiger partial charge in [-0.1, -0.05) is 30.4 Å². The van der Waals surface area contributed by atoms with Crippen LogP contribution in [0.5, 0.6) is 5.75 Å². The highest BCUT2D eigenvalue weighted by Gasteiger charge is 2.15. The van der Waals surface area contributed by atoms with E-state index in [0.29, 0.717) is 0 Å². The second-order valence-electron chi connectivity index (χ2n) is 3.55. The fourth-order valence-corrected chi connectivity index (χ4v) is 1.65. The summed E-state index contributed by atoms with van der Waals surface area (Å²) in [4.78, 5) is 2.95. The Morgan fingerprint density at radius 3 is 2.53 bits per heavy atom. The van der Waals surface area contributed by atoms with Gasteiger partial charge in [0, 0.05) is 12.6 Å². The molecule has 0 aliphatic carbocycles. The van der Waals surface area contributed by atoms with Crippen molar-refractivity contribution < 1.29 is 4.74 Å². The van der Waals surface area contributed by atoms with Crippen LogP contribution < -0.4 is 4.74 Å². The molecule has 0 aromatic heterocycles. The van der Waals surface area contributed by atoms with Crippen LogP contribution in [-0.2, 0) is 0 Å². The van der Waals surface area contributed by atoms with Gasteiger partial charge in [-0.25, -0.2) is 0 Å². The van der Waals surface area contributed by atoms with Crippen molar-refractivity contribution in [3.63, 3.8) is 0 Å². The van der Waals surface area contributed by atoms with Crippen molar-refractivity contribution in [2.45, 2.75) is 19.9 Å². The number of thiocarbonyl (C=S) groups is 1. The normalized spacial score (nSPS) is 12.0. The van der Waals surface area contributed by atoms with Crippen LogP contribution in [0.2, 0.25) is 0 Å². The van der Waals surface area contributed by atoms with E-state index in [-0.39, 0.29) is 6.04 Å². The first-order valence-electron chi connectivity index (χ1n) is 4.94. The quantitative estimate of drug-likeness (QED) is 0.731. The lowest BCUT2D eigenvalue weighted by atomic mass is 10.1. The number of hydrogen-bond acceptors (Lipinski definition) is 2. The highest BCUT2D eigenvalue weighted by molar-refractivity contribution is 7.80. The lowest BCUT2D eigenvalue weighted by Gasteiger charge is -2.27. The third kappa shape index (κ3) is 2.69. The van der Waals surface area contributed by atoms with Crippen LogP contribution in [0.3, 0.4) is 0 Å². The van der Waals surface area contributed by atoms with Crippen molar-refractivity contribution in [2.75, 3.05) is 14.2 Å². The minimum atomic E-state index is 0.235. The standard InChI is InChI=1S/C12H17NOS/c1-9(13(3)10(2)15)11-7-5-6-8-12(11)14-4/h5-9H,1-4H3. The second kappa shape index (κ2) is 5.12. The summed E-state index contributed by atoms with van der Waals surface area (Å²) in [5, 5.41) is 0. The predicted molar refractivity (Wildman–Crippen MR) is 67.4 cm³/mol. The number of hydrogen-bond donors (Lipinski definition) is 0. The van der Waals surface area contributed by atoms with E-state index >= 15 is 0 Å². The number of nitrogens with zero attached hydrogens (tertiary/aromatic N) is 1. The number of methoxy groups -OCH3 is 1. The van der Waals surface area contributed by atoms with Crippen molar-refractivity contribution in [3.8, 4) is 5.75 Å². The van der Waals surface area contributed by atoms with Gasteiger partial charge in [-0.15, -0.1) is 0 Å². The van der Waals surface area contributed by atoms with Gasteiger partial charge in [-0.2, -0.15) is 0 Å². The molecule has 0 saturated heterocycles. The van der Waals surface area contributed by atoms with Crippen molar-refractivity contribution >= 4 is 17.2 Å². The maximum atomic E-state index is 5.33. The SMILES string of the molecule is COc1ccccc1C(C)N(C)C(C)=S. The molecule has 0 fully saturated rings. The molecule has 0 N–H and O–H groups in total. The zero-order valence-corrected chi connectivity index (χ0v) is 10.5. The van der Waals surface area contributed by atoms with Crippen molar-refractivity contribution in [1.82, 2.24) is 4.90 Å². The molecule has 0 aliphatic heterocycles. The molecule has 3 heteroatoms. The maximum absolute atomic E-state index is 5.33. The monoisotopic (exact) mass is 223 g/mol. The highest BCUT2D eigenvalue weighted by atomic mass is 32.1. The summed E-state index contributed by atoms with van der Waals surface area (Å²) in [7, 11) is 3.69. The molecule has 2 nitrogen and oxygen atoms in total. The Bertz CT molecular complexity index is 351. The first kappa shape index (κ1) is 12.0. The van der Waals surface area contributed by atoms with Gasteiger partial charge in [0.2, 0.25) is 0 Å². The second-order valence-corrected chi connectivity index (χ2v) is 4.14. The van der Waals surface area contributed by atoms with Gasteiger partial charge in [-0.3, -0.25) is 0 Å². The van der Waals surface area contributed by atoms with Gasteiger partial charge < -0.3 is 9.64 Å². The molecule has 15 heavy (non-hydrogen) atoms. The molecule has 0 saturated carbocycles. The maximum Gasteiger partial charge on any atom is 0.124 e. The Morgan fingerprint density at radius 1 is 1.40 bits per heavy atom. The van der Waals surface area contributed by atoms with E-state index in [4.69, 9.17) is 17.0 Å². The summed E-state index contributed by atoms with van der Waals surface area (Å²) in [5.74, 6) is 0.910. The number of benzene rings is 1. The summed E-state index contributed by atoms with van der Waals surface area (Å²) in [6, 6.07) is 8.26. The molecule has 0 aliphatic rings. The lowest BCUT2D eigenvalue weighted by Crippen LogP contribution is -2.26. The fourth-order valence-electron chi connectivity index (χ4n) is 1.49. The van der Waals surface area contributed by atoms with Crippen LogP contribution in [0.25, 0.3) is 0 Å². The fraction of sp³-hybridized carbons (Fsp3) is 0.417. The topological polar surface area (TPSA) is 12.5 Å². The average molecular weight is 223 g/mol. The molecule has 1 aromatic carbocycles. The van der Waals surface area contributed by atoms with E-state index in [0.717, 1.165) is 16.3 Å². The Hall–Kier alpha value is -1.09. The minimum Gasteiger partial charge on any atom is -0.496 e. The van der Waals surface area contributed by atoms with E-state index in [1.807, 2.05) is 32.2 Å². The van der Waals surface area contributed by atoms with Gasteiger partial charge in [0.25, 0.3) is 0 Å². The van der Waals surface area contributed by atoms with E-state index < -0.39 is 0 Å². The molecule has 0 spiro atoms. The number of ether oxygens (including phenoxy) is 1. The molecule has 82 valence electrons. The minimum absolute atomic E-state index is 0.235. The number of para-hydroxylation sites is 1. The molecule has 0 amide bonds. The average Bonchev–Trinajstić information content (AvgIpc) is 2.26. The molecule has 1 aromatic rings. The van der Waals surface area contributed by atoms with Gasteiger partial charge >= 0.3 is 0 Å². The summed E-state index contributed by atoms with van der Waals surface area (Å²) in [6.45, 7) is 4.05. The first-order chi connectivity index (χ1) is 7.07. The number of rotatable bonds is 3. The third-order valence-electron chi connectivity index (χ3n) is 2.67. The molecular formula is C12H17NOS. The first-order valence-corrected chi connectivity index (χ1v) is 5.35. The summed E-state index contributed by atoms with van der Waals surface area (Å²) >= 11 is 5.16. The van der Waals surface area contributed by atoms with Crippen LogP contribution in [0.4, 0.5) is 0 Å². The Labute approximate surface area is 96.9 Å². The predicted octanol–water partition coefficient (Wildman–Crippen LogP) is 3.04. The summed E-state index contributed by atoms with van der Waals surface area (Å²) < 4.78 is 5.33. The van der Waals surface area contributed by atoms with Crippen molar-refractivity contribution in [3.05, 3.63) is 29.8 Å². The largest absolute Gasteiger partial charge is 0.496 e. The van der Waals surface area contributed by atoms with E-state index in [2.05, 4.69) is 17.9 Å². The molecule has 1 atom stereocenters. The third-order valence-corrected chi connectivity index (χ3v) is 2.95. The van der Waals surface area contributed by atoms with E-state index in [9.17, 15) is 0 Å². The van der Waals surface area contributed by atoms with E-state index in [1.165, 1.54) is 0 Å². The van der Waals surface area contributed by atoms with Gasteiger partial charge in [0.15, 0.2) is 0 Å². The van der Waals surface area contributed by atoms with Crippen LogP contribution >= 0.6 is 12.2 Å².